The molecule has 0 heterocycles. The molecule has 0 spiro atoms. The lowest BCUT2D eigenvalue weighted by atomic mass is 10.0. The first-order chi connectivity index (χ1) is 18.2. The van der Waals surface area contributed by atoms with Gasteiger partial charge in [-0.3, -0.25) is 0 Å². The lowest BCUT2D eigenvalue weighted by Crippen LogP contribution is -2.48. The van der Waals surface area contributed by atoms with Crippen molar-refractivity contribution in [2.75, 3.05) is 59.5 Å². The summed E-state index contributed by atoms with van der Waals surface area (Å²) >= 11 is 0. The van der Waals surface area contributed by atoms with Crippen LogP contribution in [0.2, 0.25) is 6.04 Å². The van der Waals surface area contributed by atoms with Gasteiger partial charge in [0.1, 0.15) is 0 Å². The Bertz CT molecular complexity index is 396. The third kappa shape index (κ3) is 26.0. The van der Waals surface area contributed by atoms with E-state index in [0.29, 0.717) is 59.5 Å². The van der Waals surface area contributed by atoms with Crippen LogP contribution >= 0.6 is 0 Å². The quantitative estimate of drug-likeness (QED) is 0.0622. The lowest BCUT2D eigenvalue weighted by molar-refractivity contribution is 0.00318. The molecule has 0 saturated heterocycles. The number of ether oxygens (including phenoxy) is 3. The zero-order chi connectivity index (χ0) is 27.1. The molecule has 37 heavy (non-hydrogen) atoms. The summed E-state index contributed by atoms with van der Waals surface area (Å²) in [5.41, 5.74) is 0. The van der Waals surface area contributed by atoms with Crippen molar-refractivity contribution in [3.8, 4) is 0 Å². The highest BCUT2D eigenvalue weighted by Crippen LogP contribution is 2.21. The molecule has 0 aliphatic heterocycles. The molecular weight excluding hydrogens is 484 g/mol. The monoisotopic (exact) mass is 548 g/mol. The second-order valence-corrected chi connectivity index (χ2v) is 12.6. The molecular formula is C30H64O6Si. The maximum Gasteiger partial charge on any atom is 0.501 e. The molecule has 0 radical (unpaired) electrons. The molecule has 0 rings (SSSR count). The van der Waals surface area contributed by atoms with Crippen molar-refractivity contribution in [3.05, 3.63) is 0 Å². The van der Waals surface area contributed by atoms with E-state index >= 15 is 0 Å². The first-order valence-electron chi connectivity index (χ1n) is 15.9. The van der Waals surface area contributed by atoms with Gasteiger partial charge in [0, 0.05) is 25.9 Å². The molecule has 0 aromatic carbocycles. The van der Waals surface area contributed by atoms with Gasteiger partial charge in [0.15, 0.2) is 0 Å². The van der Waals surface area contributed by atoms with Crippen LogP contribution in [0, 0.1) is 0 Å². The zero-order valence-corrected chi connectivity index (χ0v) is 26.3. The second-order valence-electron chi connectivity index (χ2n) is 9.87. The smallest absolute Gasteiger partial charge is 0.379 e. The molecule has 0 aliphatic rings. The Hall–Kier alpha value is -0.0231. The van der Waals surface area contributed by atoms with E-state index in [9.17, 15) is 0 Å². The van der Waals surface area contributed by atoms with E-state index in [1.807, 2.05) is 20.8 Å². The van der Waals surface area contributed by atoms with Crippen LogP contribution in [-0.2, 0) is 27.5 Å². The molecule has 0 unspecified atom stereocenters. The van der Waals surface area contributed by atoms with Gasteiger partial charge in [0.05, 0.1) is 39.6 Å². The van der Waals surface area contributed by atoms with E-state index in [1.54, 1.807) is 0 Å². The van der Waals surface area contributed by atoms with Crippen molar-refractivity contribution in [2.45, 2.75) is 136 Å². The molecule has 224 valence electrons. The van der Waals surface area contributed by atoms with Crippen LogP contribution in [0.3, 0.4) is 0 Å². The Morgan fingerprint density at radius 3 is 0.946 bits per heavy atom. The number of hydrogen-bond donors (Lipinski definition) is 0. The SMILES string of the molecule is CCCCCCCCCCCCCCCCCC[Si](OCCOCC)(OCCOCC)OCCOCC. The fourth-order valence-corrected chi connectivity index (χ4v) is 6.98. The molecule has 0 aromatic rings. The van der Waals surface area contributed by atoms with Crippen LogP contribution < -0.4 is 0 Å². The number of hydrogen-bond acceptors (Lipinski definition) is 6. The summed E-state index contributed by atoms with van der Waals surface area (Å²) in [5, 5.41) is 0. The van der Waals surface area contributed by atoms with Crippen molar-refractivity contribution >= 4 is 8.80 Å². The first kappa shape index (κ1) is 37.0. The third-order valence-corrected chi connectivity index (χ3v) is 9.50. The van der Waals surface area contributed by atoms with Gasteiger partial charge in [-0.1, -0.05) is 103 Å². The average Bonchev–Trinajstić information content (AvgIpc) is 2.91. The maximum atomic E-state index is 6.27. The van der Waals surface area contributed by atoms with Crippen molar-refractivity contribution in [2.24, 2.45) is 0 Å². The normalized spacial score (nSPS) is 12.0. The molecule has 6 nitrogen and oxygen atoms in total. The molecule has 0 saturated carbocycles. The standard InChI is InChI=1S/C30H64O6Si/c1-5-9-10-11-12-13-14-15-16-17-18-19-20-21-22-23-30-37(34-27-24-31-6-2,35-28-25-32-7-3)36-29-26-33-8-4/h5-30H2,1-4H3. The van der Waals surface area contributed by atoms with Crippen molar-refractivity contribution in [1.82, 2.24) is 0 Å². The Morgan fingerprint density at radius 1 is 0.351 bits per heavy atom. The third-order valence-electron chi connectivity index (χ3n) is 6.60. The van der Waals surface area contributed by atoms with Crippen LogP contribution in [-0.4, -0.2) is 68.3 Å². The largest absolute Gasteiger partial charge is 0.501 e. The Morgan fingerprint density at radius 2 is 0.649 bits per heavy atom. The minimum atomic E-state index is -2.79. The van der Waals surface area contributed by atoms with E-state index in [2.05, 4.69) is 6.92 Å². The van der Waals surface area contributed by atoms with E-state index in [4.69, 9.17) is 27.5 Å². The molecule has 7 heteroatoms. The molecule has 0 aromatic heterocycles. The van der Waals surface area contributed by atoms with Gasteiger partial charge in [0.25, 0.3) is 0 Å². The van der Waals surface area contributed by atoms with E-state index in [-0.39, 0.29) is 0 Å². The summed E-state index contributed by atoms with van der Waals surface area (Å²) in [6.07, 6.45) is 21.8. The van der Waals surface area contributed by atoms with Gasteiger partial charge in [-0.2, -0.15) is 0 Å². The predicted molar refractivity (Wildman–Crippen MR) is 157 cm³/mol. The van der Waals surface area contributed by atoms with E-state index in [0.717, 1.165) is 12.5 Å². The van der Waals surface area contributed by atoms with Crippen LogP contribution in [0.1, 0.15) is 130 Å². The van der Waals surface area contributed by atoms with Crippen molar-refractivity contribution in [3.63, 3.8) is 0 Å². The van der Waals surface area contributed by atoms with Crippen LogP contribution in [0.4, 0.5) is 0 Å². The van der Waals surface area contributed by atoms with Crippen molar-refractivity contribution in [1.29, 1.82) is 0 Å². The van der Waals surface area contributed by atoms with E-state index < -0.39 is 8.80 Å². The molecule has 0 aliphatic carbocycles. The highest BCUT2D eigenvalue weighted by atomic mass is 28.4. The molecule has 0 bridgehead atoms. The highest BCUT2D eigenvalue weighted by molar-refractivity contribution is 6.60. The van der Waals surface area contributed by atoms with Gasteiger partial charge < -0.3 is 27.5 Å². The molecule has 0 N–H and O–H groups in total. The topological polar surface area (TPSA) is 55.4 Å². The fraction of sp³-hybridized carbons (Fsp3) is 1.00. The minimum absolute atomic E-state index is 0.502. The van der Waals surface area contributed by atoms with Gasteiger partial charge in [-0.25, -0.2) is 0 Å². The fourth-order valence-electron chi connectivity index (χ4n) is 4.43. The summed E-state index contributed by atoms with van der Waals surface area (Å²) in [7, 11) is -2.79. The van der Waals surface area contributed by atoms with Crippen molar-refractivity contribution < 1.29 is 27.5 Å². The first-order valence-corrected chi connectivity index (χ1v) is 17.8. The highest BCUT2D eigenvalue weighted by Gasteiger charge is 2.40. The molecule has 0 fully saturated rings. The zero-order valence-electron chi connectivity index (χ0n) is 25.3. The minimum Gasteiger partial charge on any atom is -0.379 e. The average molecular weight is 549 g/mol. The number of unbranched alkanes of at least 4 members (excludes halogenated alkanes) is 15. The van der Waals surface area contributed by atoms with Gasteiger partial charge in [-0.15, -0.1) is 0 Å². The number of rotatable bonds is 32. The van der Waals surface area contributed by atoms with Crippen LogP contribution in [0.25, 0.3) is 0 Å². The van der Waals surface area contributed by atoms with Gasteiger partial charge in [0.2, 0.25) is 0 Å². The molecule has 0 amide bonds. The second kappa shape index (κ2) is 30.5. The van der Waals surface area contributed by atoms with Crippen LogP contribution in [0.15, 0.2) is 0 Å². The summed E-state index contributed by atoms with van der Waals surface area (Å²) in [6, 6.07) is 0.843. The maximum absolute atomic E-state index is 6.27. The summed E-state index contributed by atoms with van der Waals surface area (Å²) in [5.74, 6) is 0. The summed E-state index contributed by atoms with van der Waals surface area (Å²) < 4.78 is 35.3. The van der Waals surface area contributed by atoms with Gasteiger partial charge >= 0.3 is 8.80 Å². The summed E-state index contributed by atoms with van der Waals surface area (Å²) in [6.45, 7) is 13.5. The Kier molecular flexibility index (Phi) is 30.5. The molecule has 0 atom stereocenters. The Balaban J connectivity index is 4.13. The summed E-state index contributed by atoms with van der Waals surface area (Å²) in [4.78, 5) is 0. The Labute approximate surface area is 232 Å². The predicted octanol–water partition coefficient (Wildman–Crippen LogP) is 8.35. The van der Waals surface area contributed by atoms with Gasteiger partial charge in [-0.05, 0) is 27.2 Å². The van der Waals surface area contributed by atoms with E-state index in [1.165, 1.54) is 96.3 Å². The lowest BCUT2D eigenvalue weighted by Gasteiger charge is -2.30. The van der Waals surface area contributed by atoms with Crippen LogP contribution in [0.5, 0.6) is 0 Å².